The number of halogens is 3. The Labute approximate surface area is 161 Å². The molecule has 8 heteroatoms. The summed E-state index contributed by atoms with van der Waals surface area (Å²) < 4.78 is 42.6. The first-order valence-corrected chi connectivity index (χ1v) is 9.87. The Hall–Kier alpha value is -1.83. The monoisotopic (exact) mass is 398 g/mol. The summed E-state index contributed by atoms with van der Waals surface area (Å²) in [6.45, 7) is 1.48. The molecule has 0 unspecified atom stereocenters. The Bertz CT molecular complexity index is 738. The Balaban J connectivity index is 1.41. The first-order chi connectivity index (χ1) is 13.1. The highest BCUT2D eigenvalue weighted by atomic mass is 19.4. The van der Waals surface area contributed by atoms with Crippen molar-refractivity contribution in [2.75, 3.05) is 11.4 Å². The molecule has 0 radical (unpaired) electrons. The van der Waals surface area contributed by atoms with Crippen LogP contribution >= 0.6 is 0 Å². The fourth-order valence-corrected chi connectivity index (χ4v) is 4.57. The molecule has 1 atom stereocenters. The van der Waals surface area contributed by atoms with Crippen LogP contribution in [0.25, 0.3) is 0 Å². The predicted octanol–water partition coefficient (Wildman–Crippen LogP) is 3.85. The third-order valence-corrected chi connectivity index (χ3v) is 6.71. The maximum absolute atomic E-state index is 13.1. The van der Waals surface area contributed by atoms with Crippen LogP contribution in [-0.2, 0) is 4.79 Å². The Morgan fingerprint density at radius 3 is 2.43 bits per heavy atom. The van der Waals surface area contributed by atoms with E-state index < -0.39 is 23.3 Å². The van der Waals surface area contributed by atoms with Crippen LogP contribution in [0.4, 0.5) is 18.9 Å². The van der Waals surface area contributed by atoms with Gasteiger partial charge < -0.3 is 14.7 Å². The van der Waals surface area contributed by atoms with Crippen LogP contribution in [0.3, 0.4) is 0 Å². The van der Waals surface area contributed by atoms with E-state index in [1.165, 1.54) is 12.3 Å². The molecule has 2 aliphatic carbocycles. The number of ether oxygens (including phenoxy) is 1. The smallest absolute Gasteiger partial charge is 0.425 e. The maximum Gasteiger partial charge on any atom is 0.425 e. The number of aliphatic hydroxyl groups is 1. The van der Waals surface area contributed by atoms with Gasteiger partial charge in [0.1, 0.15) is 0 Å². The van der Waals surface area contributed by atoms with E-state index >= 15 is 0 Å². The topological polar surface area (TPSA) is 62.7 Å². The lowest BCUT2D eigenvalue weighted by atomic mass is 9.66. The quantitative estimate of drug-likeness (QED) is 0.837. The highest BCUT2D eigenvalue weighted by Gasteiger charge is 2.54. The molecule has 2 heterocycles. The summed E-state index contributed by atoms with van der Waals surface area (Å²) in [4.78, 5) is 18.7. The molecular weight excluding hydrogens is 373 g/mol. The van der Waals surface area contributed by atoms with E-state index in [1.54, 1.807) is 11.0 Å². The van der Waals surface area contributed by atoms with Gasteiger partial charge in [0, 0.05) is 12.6 Å². The molecular formula is C20H25F3N2O3. The normalized spacial score (nSPS) is 32.0. The number of carbonyl (C=O) groups excluding carboxylic acids is 1. The van der Waals surface area contributed by atoms with Crippen molar-refractivity contribution in [3.8, 4) is 5.88 Å². The molecule has 3 fully saturated rings. The van der Waals surface area contributed by atoms with Crippen LogP contribution < -0.4 is 9.64 Å². The van der Waals surface area contributed by atoms with Crippen molar-refractivity contribution >= 4 is 11.6 Å². The molecule has 4 rings (SSSR count). The van der Waals surface area contributed by atoms with Crippen LogP contribution in [-0.4, -0.2) is 40.4 Å². The molecule has 28 heavy (non-hydrogen) atoms. The van der Waals surface area contributed by atoms with Gasteiger partial charge in [0.2, 0.25) is 11.8 Å². The molecule has 1 amide bonds. The number of hydrogen-bond donors (Lipinski definition) is 1. The van der Waals surface area contributed by atoms with Crippen LogP contribution in [0, 0.1) is 11.3 Å². The summed E-state index contributed by atoms with van der Waals surface area (Å²) in [5, 5.41) is 10.8. The second kappa shape index (κ2) is 6.61. The van der Waals surface area contributed by atoms with Crippen LogP contribution in [0.5, 0.6) is 5.88 Å². The lowest BCUT2D eigenvalue weighted by molar-refractivity contribution is -0.189. The lowest BCUT2D eigenvalue weighted by Crippen LogP contribution is -2.44. The van der Waals surface area contributed by atoms with Crippen molar-refractivity contribution in [3.63, 3.8) is 0 Å². The summed E-state index contributed by atoms with van der Waals surface area (Å²) in [6, 6.07) is 2.94. The van der Waals surface area contributed by atoms with Crippen molar-refractivity contribution < 1.29 is 27.8 Å². The van der Waals surface area contributed by atoms with Gasteiger partial charge in [-0.3, -0.25) is 4.79 Å². The summed E-state index contributed by atoms with van der Waals surface area (Å²) >= 11 is 0. The Morgan fingerprint density at radius 1 is 1.21 bits per heavy atom. The minimum absolute atomic E-state index is 0.0319. The zero-order valence-electron chi connectivity index (χ0n) is 15.8. The molecule has 1 aromatic rings. The average Bonchev–Trinajstić information content (AvgIpc) is 3.45. The summed E-state index contributed by atoms with van der Waals surface area (Å²) in [5.41, 5.74) is -0.465. The average molecular weight is 398 g/mol. The molecule has 1 aliphatic heterocycles. The molecule has 5 nitrogen and oxygen atoms in total. The van der Waals surface area contributed by atoms with E-state index in [2.05, 4.69) is 4.98 Å². The molecule has 2 saturated carbocycles. The predicted molar refractivity (Wildman–Crippen MR) is 95.9 cm³/mol. The van der Waals surface area contributed by atoms with Crippen LogP contribution in [0.15, 0.2) is 18.3 Å². The molecule has 1 aromatic heterocycles. The van der Waals surface area contributed by atoms with E-state index in [0.717, 1.165) is 26.2 Å². The molecule has 1 spiro atoms. The van der Waals surface area contributed by atoms with Crippen molar-refractivity contribution in [2.24, 2.45) is 11.3 Å². The Kier molecular flexibility index (Phi) is 4.60. The first kappa shape index (κ1) is 19.5. The van der Waals surface area contributed by atoms with E-state index in [4.69, 9.17) is 4.74 Å². The first-order valence-electron chi connectivity index (χ1n) is 9.87. The fraction of sp³-hybridized carbons (Fsp3) is 0.700. The molecule has 1 saturated heterocycles. The van der Waals surface area contributed by atoms with Gasteiger partial charge in [-0.1, -0.05) is 0 Å². The Morgan fingerprint density at radius 2 is 1.89 bits per heavy atom. The van der Waals surface area contributed by atoms with Crippen molar-refractivity contribution in [2.45, 2.75) is 69.8 Å². The van der Waals surface area contributed by atoms with Crippen molar-refractivity contribution in [1.29, 1.82) is 0 Å². The summed E-state index contributed by atoms with van der Waals surface area (Å²) in [6.07, 6.45) is 0.577. The number of aromatic nitrogens is 1. The van der Waals surface area contributed by atoms with Gasteiger partial charge in [0.25, 0.3) is 0 Å². The number of anilines is 1. The zero-order valence-corrected chi connectivity index (χ0v) is 15.8. The molecule has 1 N–H and O–H groups in total. The SMILES string of the molecule is C[C@H](Oc1ccc(N2CCC3(CCC(O)(C4CC4)CC3)C2=O)cn1)C(F)(F)F. The number of carbonyl (C=O) groups is 1. The lowest BCUT2D eigenvalue weighted by Gasteiger charge is -2.41. The van der Waals surface area contributed by atoms with Gasteiger partial charge in [-0.05, 0) is 63.9 Å². The summed E-state index contributed by atoms with van der Waals surface area (Å²) in [5.74, 6) is 0.305. The van der Waals surface area contributed by atoms with Gasteiger partial charge in [-0.2, -0.15) is 13.2 Å². The maximum atomic E-state index is 13.1. The van der Waals surface area contributed by atoms with Crippen LogP contribution in [0.2, 0.25) is 0 Å². The van der Waals surface area contributed by atoms with Crippen molar-refractivity contribution in [3.05, 3.63) is 18.3 Å². The largest absolute Gasteiger partial charge is 0.465 e. The van der Waals surface area contributed by atoms with Gasteiger partial charge in [0.15, 0.2) is 6.10 Å². The highest BCUT2D eigenvalue weighted by molar-refractivity contribution is 5.99. The molecule has 154 valence electrons. The van der Waals surface area contributed by atoms with Crippen LogP contribution in [0.1, 0.15) is 51.9 Å². The van der Waals surface area contributed by atoms with Gasteiger partial charge >= 0.3 is 6.18 Å². The second-order valence-electron chi connectivity index (χ2n) is 8.52. The van der Waals surface area contributed by atoms with Gasteiger partial charge in [-0.15, -0.1) is 0 Å². The zero-order chi connectivity index (χ0) is 20.2. The number of pyridine rings is 1. The van der Waals surface area contributed by atoms with Gasteiger partial charge in [-0.25, -0.2) is 4.98 Å². The minimum atomic E-state index is -4.46. The number of hydrogen-bond acceptors (Lipinski definition) is 4. The molecule has 3 aliphatic rings. The second-order valence-corrected chi connectivity index (χ2v) is 8.52. The number of nitrogens with zero attached hydrogens (tertiary/aromatic N) is 2. The highest BCUT2D eigenvalue weighted by Crippen LogP contribution is 2.54. The number of rotatable bonds is 4. The van der Waals surface area contributed by atoms with E-state index in [0.29, 0.717) is 43.8 Å². The molecule has 0 bridgehead atoms. The molecule has 0 aromatic carbocycles. The summed E-state index contributed by atoms with van der Waals surface area (Å²) in [7, 11) is 0. The number of amides is 1. The van der Waals surface area contributed by atoms with E-state index in [9.17, 15) is 23.1 Å². The van der Waals surface area contributed by atoms with Gasteiger partial charge in [0.05, 0.1) is 22.9 Å². The van der Waals surface area contributed by atoms with E-state index in [1.807, 2.05) is 0 Å². The number of alkyl halides is 3. The minimum Gasteiger partial charge on any atom is -0.465 e. The fourth-order valence-electron chi connectivity index (χ4n) is 4.57. The third-order valence-electron chi connectivity index (χ3n) is 6.71. The van der Waals surface area contributed by atoms with Crippen molar-refractivity contribution in [1.82, 2.24) is 4.98 Å². The van der Waals surface area contributed by atoms with E-state index in [-0.39, 0.29) is 11.8 Å². The third kappa shape index (κ3) is 3.47. The standard InChI is InChI=1S/C20H25F3N2O3/c1-13(20(21,22)23)28-16-5-4-15(12-24-16)25-11-10-18(17(25)26)6-8-19(27,9-7-18)14-2-3-14/h4-5,12-14,27H,2-3,6-11H2,1H3/t13-,18?,19?/m0/s1.